The first-order chi connectivity index (χ1) is 8.42. The highest BCUT2D eigenvalue weighted by molar-refractivity contribution is 5.29. The minimum absolute atomic E-state index is 0.686. The van der Waals surface area contributed by atoms with Crippen LogP contribution >= 0.6 is 0 Å². The van der Waals surface area contributed by atoms with Gasteiger partial charge in [-0.15, -0.1) is 0 Å². The fourth-order valence-electron chi connectivity index (χ4n) is 2.47. The molecule has 0 amide bonds. The van der Waals surface area contributed by atoms with Crippen molar-refractivity contribution in [3.05, 3.63) is 12.4 Å². The van der Waals surface area contributed by atoms with Gasteiger partial charge in [-0.2, -0.15) is 0 Å². The van der Waals surface area contributed by atoms with Gasteiger partial charge in [-0.3, -0.25) is 0 Å². The van der Waals surface area contributed by atoms with Crippen molar-refractivity contribution in [2.75, 3.05) is 25.0 Å². The van der Waals surface area contributed by atoms with Crippen molar-refractivity contribution in [1.29, 1.82) is 0 Å². The highest BCUT2D eigenvalue weighted by Gasteiger charge is 2.22. The van der Waals surface area contributed by atoms with E-state index in [0.717, 1.165) is 19.0 Å². The summed E-state index contributed by atoms with van der Waals surface area (Å²) in [6.07, 6.45) is 10.8. The third-order valence-corrected chi connectivity index (χ3v) is 3.73. The Bertz CT molecular complexity index is 350. The predicted molar refractivity (Wildman–Crippen MR) is 69.2 cm³/mol. The molecule has 4 nitrogen and oxygen atoms in total. The van der Waals surface area contributed by atoms with Crippen LogP contribution in [0, 0.1) is 0 Å². The van der Waals surface area contributed by atoms with Gasteiger partial charge in [0.05, 0.1) is 0 Å². The van der Waals surface area contributed by atoms with E-state index in [9.17, 15) is 0 Å². The summed E-state index contributed by atoms with van der Waals surface area (Å²) in [6.45, 7) is 4.78. The second-order valence-electron chi connectivity index (χ2n) is 5.27. The quantitative estimate of drug-likeness (QED) is 0.845. The van der Waals surface area contributed by atoms with Crippen molar-refractivity contribution in [2.45, 2.75) is 44.7 Å². The summed E-state index contributed by atoms with van der Waals surface area (Å²) < 4.78 is 2.26. The van der Waals surface area contributed by atoms with Crippen LogP contribution < -0.4 is 5.32 Å². The van der Waals surface area contributed by atoms with Crippen LogP contribution in [0.5, 0.6) is 0 Å². The molecule has 4 heteroatoms. The first-order valence-electron chi connectivity index (χ1n) is 6.92. The molecule has 94 valence electrons. The maximum absolute atomic E-state index is 4.39. The number of nitrogens with one attached hydrogen (secondary N) is 1. The zero-order chi connectivity index (χ0) is 11.5. The summed E-state index contributed by atoms with van der Waals surface area (Å²) in [6, 6.07) is 0.686. The van der Waals surface area contributed by atoms with Crippen molar-refractivity contribution < 1.29 is 0 Å². The third-order valence-electron chi connectivity index (χ3n) is 3.73. The van der Waals surface area contributed by atoms with Gasteiger partial charge in [-0.05, 0) is 38.8 Å². The van der Waals surface area contributed by atoms with Crippen molar-refractivity contribution >= 4 is 5.95 Å². The first-order valence-corrected chi connectivity index (χ1v) is 6.92. The van der Waals surface area contributed by atoms with Crippen LogP contribution in [0.1, 0.15) is 32.1 Å². The van der Waals surface area contributed by atoms with Crippen LogP contribution in [0.4, 0.5) is 5.95 Å². The molecule has 2 heterocycles. The zero-order valence-electron chi connectivity index (χ0n) is 10.4. The fourth-order valence-corrected chi connectivity index (χ4v) is 2.47. The van der Waals surface area contributed by atoms with Crippen LogP contribution in [0.3, 0.4) is 0 Å². The minimum atomic E-state index is 0.686. The Labute approximate surface area is 103 Å². The standard InChI is InChI=1S/C13H22N4/c1-2-7-16(8-3-1)10-11-17-9-6-14-13(17)15-12-4-5-12/h6,9,12H,1-5,7-8,10-11H2,(H,14,15). The Hall–Kier alpha value is -1.03. The molecule has 3 rings (SSSR count). The molecule has 1 aliphatic heterocycles. The highest BCUT2D eigenvalue weighted by atomic mass is 15.2. The van der Waals surface area contributed by atoms with Crippen molar-refractivity contribution in [3.8, 4) is 0 Å². The highest BCUT2D eigenvalue weighted by Crippen LogP contribution is 2.23. The lowest BCUT2D eigenvalue weighted by Gasteiger charge is -2.26. The van der Waals surface area contributed by atoms with E-state index in [2.05, 4.69) is 26.0 Å². The van der Waals surface area contributed by atoms with Gasteiger partial charge in [-0.1, -0.05) is 6.42 Å². The van der Waals surface area contributed by atoms with E-state index in [-0.39, 0.29) is 0 Å². The van der Waals surface area contributed by atoms with E-state index >= 15 is 0 Å². The van der Waals surface area contributed by atoms with Gasteiger partial charge in [0.1, 0.15) is 0 Å². The molecule has 1 aromatic heterocycles. The smallest absolute Gasteiger partial charge is 0.203 e. The molecule has 1 saturated carbocycles. The van der Waals surface area contributed by atoms with Gasteiger partial charge in [0.25, 0.3) is 0 Å². The molecule has 0 radical (unpaired) electrons. The molecular formula is C13H22N4. The molecule has 0 aromatic carbocycles. The van der Waals surface area contributed by atoms with E-state index in [1.165, 1.54) is 45.2 Å². The third kappa shape index (κ3) is 3.00. The van der Waals surface area contributed by atoms with E-state index in [1.807, 2.05) is 6.20 Å². The molecule has 0 bridgehead atoms. The van der Waals surface area contributed by atoms with Gasteiger partial charge < -0.3 is 14.8 Å². The van der Waals surface area contributed by atoms with Gasteiger partial charge in [0, 0.05) is 31.5 Å². The zero-order valence-corrected chi connectivity index (χ0v) is 10.4. The second kappa shape index (κ2) is 5.08. The van der Waals surface area contributed by atoms with Gasteiger partial charge >= 0.3 is 0 Å². The molecule has 1 N–H and O–H groups in total. The number of anilines is 1. The molecule has 0 unspecified atom stereocenters. The molecule has 17 heavy (non-hydrogen) atoms. The lowest BCUT2D eigenvalue weighted by molar-refractivity contribution is 0.221. The van der Waals surface area contributed by atoms with Gasteiger partial charge in [0.2, 0.25) is 5.95 Å². The number of rotatable bonds is 5. The molecule has 1 aromatic rings. The average Bonchev–Trinajstić information content (AvgIpc) is 3.07. The van der Waals surface area contributed by atoms with E-state index in [1.54, 1.807) is 0 Å². The van der Waals surface area contributed by atoms with Crippen molar-refractivity contribution in [3.63, 3.8) is 0 Å². The summed E-state index contributed by atoms with van der Waals surface area (Å²) in [5, 5.41) is 3.49. The Balaban J connectivity index is 1.51. The monoisotopic (exact) mass is 234 g/mol. The maximum Gasteiger partial charge on any atom is 0.203 e. The lowest BCUT2D eigenvalue weighted by atomic mass is 10.1. The molecule has 2 fully saturated rings. The van der Waals surface area contributed by atoms with Crippen LogP contribution in [-0.2, 0) is 6.54 Å². The van der Waals surface area contributed by atoms with Crippen molar-refractivity contribution in [1.82, 2.24) is 14.5 Å². The predicted octanol–water partition coefficient (Wildman–Crippen LogP) is 1.94. The Morgan fingerprint density at radius 3 is 2.76 bits per heavy atom. The minimum Gasteiger partial charge on any atom is -0.353 e. The van der Waals surface area contributed by atoms with E-state index < -0.39 is 0 Å². The van der Waals surface area contributed by atoms with Crippen LogP contribution in [-0.4, -0.2) is 40.1 Å². The first kappa shape index (κ1) is 11.1. The Morgan fingerprint density at radius 2 is 2.00 bits per heavy atom. The number of nitrogens with zero attached hydrogens (tertiary/aromatic N) is 3. The average molecular weight is 234 g/mol. The number of hydrogen-bond donors (Lipinski definition) is 1. The maximum atomic E-state index is 4.39. The summed E-state index contributed by atoms with van der Waals surface area (Å²) in [5.41, 5.74) is 0. The van der Waals surface area contributed by atoms with Gasteiger partial charge in [0.15, 0.2) is 0 Å². The van der Waals surface area contributed by atoms with E-state index in [0.29, 0.717) is 6.04 Å². The molecule has 0 atom stereocenters. The summed E-state index contributed by atoms with van der Waals surface area (Å²) in [5.74, 6) is 1.06. The van der Waals surface area contributed by atoms with Crippen LogP contribution in [0.2, 0.25) is 0 Å². The SMILES string of the molecule is c1cn(CCN2CCCCC2)c(NC2CC2)n1. The summed E-state index contributed by atoms with van der Waals surface area (Å²) >= 11 is 0. The largest absolute Gasteiger partial charge is 0.353 e. The summed E-state index contributed by atoms with van der Waals surface area (Å²) in [7, 11) is 0. The number of hydrogen-bond acceptors (Lipinski definition) is 3. The molecule has 1 aliphatic carbocycles. The van der Waals surface area contributed by atoms with E-state index in [4.69, 9.17) is 0 Å². The number of piperidine rings is 1. The normalized spacial score (nSPS) is 21.6. The second-order valence-corrected chi connectivity index (χ2v) is 5.27. The van der Waals surface area contributed by atoms with Crippen LogP contribution in [0.25, 0.3) is 0 Å². The Morgan fingerprint density at radius 1 is 1.18 bits per heavy atom. The molecule has 1 saturated heterocycles. The molecular weight excluding hydrogens is 212 g/mol. The van der Waals surface area contributed by atoms with Crippen LogP contribution in [0.15, 0.2) is 12.4 Å². The molecule has 0 spiro atoms. The topological polar surface area (TPSA) is 33.1 Å². The lowest BCUT2D eigenvalue weighted by Crippen LogP contribution is -2.32. The van der Waals surface area contributed by atoms with Crippen molar-refractivity contribution in [2.24, 2.45) is 0 Å². The molecule has 2 aliphatic rings. The van der Waals surface area contributed by atoms with Gasteiger partial charge in [-0.25, -0.2) is 4.98 Å². The Kier molecular flexibility index (Phi) is 3.31. The number of aromatic nitrogens is 2. The number of likely N-dealkylation sites (tertiary alicyclic amines) is 1. The fraction of sp³-hybridized carbons (Fsp3) is 0.769. The number of imidazole rings is 1. The summed E-state index contributed by atoms with van der Waals surface area (Å²) in [4.78, 5) is 6.97.